The smallest absolute Gasteiger partial charge is 0.146 e. The molecule has 0 saturated heterocycles. The number of anilines is 1. The number of aryl methyl sites for hydroxylation is 1. The van der Waals surface area contributed by atoms with Crippen LogP contribution in [0, 0.1) is 25.1 Å². The summed E-state index contributed by atoms with van der Waals surface area (Å²) in [5.41, 5.74) is 1.48. The second kappa shape index (κ2) is 3.77. The zero-order chi connectivity index (χ0) is 8.97. The predicted octanol–water partition coefficient (Wildman–Crippen LogP) is 2.18. The van der Waals surface area contributed by atoms with Crippen molar-refractivity contribution in [2.24, 2.45) is 0 Å². The summed E-state index contributed by atoms with van der Waals surface area (Å²) < 4.78 is 13.0. The fourth-order valence-electron chi connectivity index (χ4n) is 0.921. The Morgan fingerprint density at radius 2 is 2.33 bits per heavy atom. The molecule has 0 aliphatic carbocycles. The minimum Gasteiger partial charge on any atom is -0.372 e. The zero-order valence-corrected chi connectivity index (χ0v) is 6.89. The van der Waals surface area contributed by atoms with E-state index in [2.05, 4.69) is 11.2 Å². The molecule has 0 spiro atoms. The fraction of sp³-hybridized carbons (Fsp3) is 0.200. The first kappa shape index (κ1) is 8.61. The van der Waals surface area contributed by atoms with Crippen molar-refractivity contribution >= 4 is 5.69 Å². The van der Waals surface area contributed by atoms with Gasteiger partial charge in [-0.05, 0) is 24.6 Å². The van der Waals surface area contributed by atoms with Gasteiger partial charge in [0.15, 0.2) is 0 Å². The molecule has 0 aliphatic heterocycles. The van der Waals surface area contributed by atoms with E-state index in [4.69, 9.17) is 6.42 Å². The first-order chi connectivity index (χ1) is 5.74. The molecule has 1 rings (SSSR count). The average Bonchev–Trinajstić information content (AvgIpc) is 2.07. The van der Waals surface area contributed by atoms with Gasteiger partial charge in [0, 0.05) is 0 Å². The van der Waals surface area contributed by atoms with E-state index >= 15 is 0 Å². The summed E-state index contributed by atoms with van der Waals surface area (Å²) in [6.07, 6.45) is 5.03. The van der Waals surface area contributed by atoms with E-state index in [0.29, 0.717) is 12.2 Å². The summed E-state index contributed by atoms with van der Waals surface area (Å²) in [4.78, 5) is 0. The van der Waals surface area contributed by atoms with Gasteiger partial charge in [-0.3, -0.25) is 0 Å². The Morgan fingerprint density at radius 3 is 3.00 bits per heavy atom. The summed E-state index contributed by atoms with van der Waals surface area (Å²) >= 11 is 0. The van der Waals surface area contributed by atoms with Crippen molar-refractivity contribution in [2.75, 3.05) is 11.9 Å². The third-order valence-electron chi connectivity index (χ3n) is 1.50. The molecule has 0 atom stereocenters. The van der Waals surface area contributed by atoms with Gasteiger partial charge in [-0.15, -0.1) is 6.42 Å². The van der Waals surface area contributed by atoms with Gasteiger partial charge in [0.1, 0.15) is 5.82 Å². The van der Waals surface area contributed by atoms with Gasteiger partial charge in [-0.25, -0.2) is 4.39 Å². The Labute approximate surface area is 71.6 Å². The van der Waals surface area contributed by atoms with E-state index in [0.717, 1.165) is 5.56 Å². The summed E-state index contributed by atoms with van der Waals surface area (Å²) in [7, 11) is 0. The maximum Gasteiger partial charge on any atom is 0.146 e. The van der Waals surface area contributed by atoms with Gasteiger partial charge >= 0.3 is 0 Å². The summed E-state index contributed by atoms with van der Waals surface area (Å²) in [5, 5.41) is 2.79. The molecular weight excluding hydrogens is 153 g/mol. The standard InChI is InChI=1S/C10H10FN/c1-3-6-12-10-7-8(2)4-5-9(10)11/h1,4-5,7,12H,6H2,2H3. The van der Waals surface area contributed by atoms with Crippen LogP contribution in [-0.2, 0) is 0 Å². The van der Waals surface area contributed by atoms with Crippen LogP contribution in [0.3, 0.4) is 0 Å². The minimum absolute atomic E-state index is 0.268. The molecule has 1 N–H and O–H groups in total. The average molecular weight is 163 g/mol. The Kier molecular flexibility index (Phi) is 2.71. The van der Waals surface area contributed by atoms with Crippen LogP contribution in [0.2, 0.25) is 0 Å². The molecule has 2 heteroatoms. The monoisotopic (exact) mass is 163 g/mol. The first-order valence-electron chi connectivity index (χ1n) is 3.67. The van der Waals surface area contributed by atoms with Gasteiger partial charge in [-0.2, -0.15) is 0 Å². The maximum absolute atomic E-state index is 13.0. The van der Waals surface area contributed by atoms with Gasteiger partial charge in [0.25, 0.3) is 0 Å². The highest BCUT2D eigenvalue weighted by Gasteiger charge is 1.98. The van der Waals surface area contributed by atoms with Gasteiger partial charge < -0.3 is 5.32 Å². The third-order valence-corrected chi connectivity index (χ3v) is 1.50. The van der Waals surface area contributed by atoms with E-state index in [1.165, 1.54) is 6.07 Å². The first-order valence-corrected chi connectivity index (χ1v) is 3.67. The second-order valence-electron chi connectivity index (χ2n) is 2.54. The molecule has 1 aromatic carbocycles. The lowest BCUT2D eigenvalue weighted by molar-refractivity contribution is 0.630. The molecule has 0 heterocycles. The van der Waals surface area contributed by atoms with Crippen molar-refractivity contribution < 1.29 is 4.39 Å². The van der Waals surface area contributed by atoms with Crippen LogP contribution in [0.25, 0.3) is 0 Å². The molecule has 0 saturated carbocycles. The highest BCUT2D eigenvalue weighted by Crippen LogP contribution is 2.14. The highest BCUT2D eigenvalue weighted by atomic mass is 19.1. The maximum atomic E-state index is 13.0. The lowest BCUT2D eigenvalue weighted by Gasteiger charge is -2.04. The van der Waals surface area contributed by atoms with Crippen LogP contribution in [0.15, 0.2) is 18.2 Å². The van der Waals surface area contributed by atoms with Crippen LogP contribution in [0.4, 0.5) is 10.1 Å². The minimum atomic E-state index is -0.268. The Hall–Kier alpha value is -1.49. The normalized spacial score (nSPS) is 9.08. The predicted molar refractivity (Wildman–Crippen MR) is 48.5 cm³/mol. The molecule has 0 unspecified atom stereocenters. The van der Waals surface area contributed by atoms with Crippen molar-refractivity contribution in [2.45, 2.75) is 6.92 Å². The Bertz CT molecular complexity index is 312. The number of nitrogens with one attached hydrogen (secondary N) is 1. The Balaban J connectivity index is 2.84. The molecule has 62 valence electrons. The van der Waals surface area contributed by atoms with Gasteiger partial charge in [0.05, 0.1) is 12.2 Å². The largest absolute Gasteiger partial charge is 0.372 e. The molecule has 0 aromatic heterocycles. The highest BCUT2D eigenvalue weighted by molar-refractivity contribution is 5.47. The quantitative estimate of drug-likeness (QED) is 0.659. The van der Waals surface area contributed by atoms with Crippen LogP contribution >= 0.6 is 0 Å². The number of hydrogen-bond acceptors (Lipinski definition) is 1. The lowest BCUT2D eigenvalue weighted by Crippen LogP contribution is -2.00. The summed E-state index contributed by atoms with van der Waals surface area (Å²) in [6.45, 7) is 2.25. The molecule has 0 amide bonds. The second-order valence-corrected chi connectivity index (χ2v) is 2.54. The van der Waals surface area contributed by atoms with E-state index in [1.807, 2.05) is 6.92 Å². The van der Waals surface area contributed by atoms with Crippen molar-refractivity contribution in [1.82, 2.24) is 0 Å². The van der Waals surface area contributed by atoms with Gasteiger partial charge in [-0.1, -0.05) is 12.0 Å². The van der Waals surface area contributed by atoms with Crippen molar-refractivity contribution in [1.29, 1.82) is 0 Å². The molecular formula is C10H10FN. The van der Waals surface area contributed by atoms with E-state index in [9.17, 15) is 4.39 Å². The molecule has 1 nitrogen and oxygen atoms in total. The molecule has 0 fully saturated rings. The zero-order valence-electron chi connectivity index (χ0n) is 6.89. The van der Waals surface area contributed by atoms with Crippen LogP contribution in [0.1, 0.15) is 5.56 Å². The van der Waals surface area contributed by atoms with Crippen LogP contribution in [0.5, 0.6) is 0 Å². The lowest BCUT2D eigenvalue weighted by atomic mass is 10.2. The number of rotatable bonds is 2. The SMILES string of the molecule is C#CCNc1cc(C)ccc1F. The van der Waals surface area contributed by atoms with Crippen LogP contribution < -0.4 is 5.32 Å². The third kappa shape index (κ3) is 2.00. The topological polar surface area (TPSA) is 12.0 Å². The number of hydrogen-bond donors (Lipinski definition) is 1. The summed E-state index contributed by atoms with van der Waals surface area (Å²) in [6, 6.07) is 4.87. The van der Waals surface area contributed by atoms with Gasteiger partial charge in [0.2, 0.25) is 0 Å². The van der Waals surface area contributed by atoms with Crippen molar-refractivity contribution in [3.05, 3.63) is 29.6 Å². The molecule has 0 aliphatic rings. The number of benzene rings is 1. The number of halogens is 1. The van der Waals surface area contributed by atoms with E-state index in [-0.39, 0.29) is 5.82 Å². The van der Waals surface area contributed by atoms with Crippen molar-refractivity contribution in [3.63, 3.8) is 0 Å². The van der Waals surface area contributed by atoms with E-state index in [1.54, 1.807) is 12.1 Å². The molecule has 0 bridgehead atoms. The molecule has 0 radical (unpaired) electrons. The molecule has 12 heavy (non-hydrogen) atoms. The Morgan fingerprint density at radius 1 is 1.58 bits per heavy atom. The van der Waals surface area contributed by atoms with Crippen LogP contribution in [-0.4, -0.2) is 6.54 Å². The number of terminal acetylenes is 1. The summed E-state index contributed by atoms with van der Waals surface area (Å²) in [5.74, 6) is 2.12. The molecule has 1 aromatic rings. The fourth-order valence-corrected chi connectivity index (χ4v) is 0.921. The van der Waals surface area contributed by atoms with E-state index < -0.39 is 0 Å². The van der Waals surface area contributed by atoms with Crippen molar-refractivity contribution in [3.8, 4) is 12.3 Å².